The molecule has 1 aromatic carbocycles. The molecule has 3 rings (SSSR count). The molecule has 8 heteroatoms. The Kier molecular flexibility index (Phi) is 5.52. The maximum absolute atomic E-state index is 13.4. The maximum atomic E-state index is 13.4. The Balaban J connectivity index is 1.87. The van der Waals surface area contributed by atoms with Crippen LogP contribution in [0.5, 0.6) is 0 Å². The summed E-state index contributed by atoms with van der Waals surface area (Å²) in [5.41, 5.74) is 0.220. The van der Waals surface area contributed by atoms with Crippen LogP contribution in [0.4, 0.5) is 13.2 Å². The number of hydrogen-bond acceptors (Lipinski definition) is 5. The first kappa shape index (κ1) is 18.4. The first-order chi connectivity index (χ1) is 11.8. The van der Waals surface area contributed by atoms with E-state index in [2.05, 4.69) is 12.6 Å². The van der Waals surface area contributed by atoms with E-state index in [0.717, 1.165) is 0 Å². The number of nitrogens with zero attached hydrogens (tertiary/aromatic N) is 1. The third-order valence-corrected chi connectivity index (χ3v) is 5.38. The predicted molar refractivity (Wildman–Crippen MR) is 94.3 cm³/mol. The van der Waals surface area contributed by atoms with Crippen molar-refractivity contribution in [2.75, 3.05) is 26.2 Å². The van der Waals surface area contributed by atoms with Crippen molar-refractivity contribution >= 4 is 29.7 Å². The van der Waals surface area contributed by atoms with E-state index in [1.807, 2.05) is 4.90 Å². The van der Waals surface area contributed by atoms with Gasteiger partial charge in [-0.2, -0.15) is 13.2 Å². The molecule has 0 spiro atoms. The Labute approximate surface area is 152 Å². The number of halogens is 3. The van der Waals surface area contributed by atoms with Crippen LogP contribution < -0.4 is 0 Å². The summed E-state index contributed by atoms with van der Waals surface area (Å²) in [5.74, 6) is -0.319. The standard InChI is InChI=1S/C17H16F3NO2S2/c18-17(19,20)16-12(11-4-2-1-3-5-11)8-14(25-16)13(22)9-21-6-7-23-15(24)10-21/h1-5,8,15,24H,6-7,9-10H2. The smallest absolute Gasteiger partial charge is 0.365 e. The van der Waals surface area contributed by atoms with Crippen molar-refractivity contribution < 1.29 is 22.7 Å². The van der Waals surface area contributed by atoms with Crippen molar-refractivity contribution in [3.8, 4) is 11.1 Å². The zero-order valence-electron chi connectivity index (χ0n) is 13.1. The van der Waals surface area contributed by atoms with Gasteiger partial charge in [0, 0.05) is 18.7 Å². The van der Waals surface area contributed by atoms with Gasteiger partial charge in [-0.3, -0.25) is 9.69 Å². The molecule has 1 aliphatic rings. The van der Waals surface area contributed by atoms with E-state index in [1.54, 1.807) is 30.3 Å². The molecule has 1 aliphatic heterocycles. The van der Waals surface area contributed by atoms with Gasteiger partial charge in [-0.15, -0.1) is 24.0 Å². The Morgan fingerprint density at radius 2 is 2.04 bits per heavy atom. The minimum atomic E-state index is -4.50. The number of thiophene rings is 1. The number of alkyl halides is 3. The Morgan fingerprint density at radius 3 is 2.68 bits per heavy atom. The molecule has 3 nitrogen and oxygen atoms in total. The number of thiol groups is 1. The van der Waals surface area contributed by atoms with Crippen LogP contribution in [0, 0.1) is 0 Å². The molecule has 0 aliphatic carbocycles. The van der Waals surface area contributed by atoms with Crippen molar-refractivity contribution in [1.29, 1.82) is 0 Å². The fourth-order valence-corrected chi connectivity index (χ4v) is 3.99. The second kappa shape index (κ2) is 7.49. The van der Waals surface area contributed by atoms with Crippen LogP contribution in [0.2, 0.25) is 0 Å². The molecule has 0 N–H and O–H groups in total. The summed E-state index contributed by atoms with van der Waals surface area (Å²) in [4.78, 5) is 13.7. The monoisotopic (exact) mass is 387 g/mol. The highest BCUT2D eigenvalue weighted by Gasteiger charge is 2.37. The van der Waals surface area contributed by atoms with Gasteiger partial charge in [0.25, 0.3) is 0 Å². The number of ketones is 1. The van der Waals surface area contributed by atoms with E-state index in [0.29, 0.717) is 36.6 Å². The molecule has 2 heterocycles. The summed E-state index contributed by atoms with van der Waals surface area (Å²) in [6, 6.07) is 9.66. The molecule has 1 aromatic heterocycles. The zero-order valence-corrected chi connectivity index (χ0v) is 14.8. The van der Waals surface area contributed by atoms with Gasteiger partial charge >= 0.3 is 6.18 Å². The fraction of sp³-hybridized carbons (Fsp3) is 0.353. The topological polar surface area (TPSA) is 29.5 Å². The lowest BCUT2D eigenvalue weighted by Gasteiger charge is -2.29. The maximum Gasteiger partial charge on any atom is 0.426 e. The van der Waals surface area contributed by atoms with Crippen LogP contribution in [-0.2, 0) is 10.9 Å². The normalized spacial score (nSPS) is 19.1. The molecule has 0 amide bonds. The van der Waals surface area contributed by atoms with Crippen molar-refractivity contribution in [1.82, 2.24) is 4.90 Å². The third kappa shape index (κ3) is 4.44. The molecule has 1 fully saturated rings. The van der Waals surface area contributed by atoms with E-state index in [4.69, 9.17) is 4.74 Å². The molecule has 2 aromatic rings. The summed E-state index contributed by atoms with van der Waals surface area (Å²) in [6.45, 7) is 1.55. The number of morpholine rings is 1. The van der Waals surface area contributed by atoms with Gasteiger partial charge in [-0.1, -0.05) is 30.3 Å². The Hall–Kier alpha value is -1.35. The Morgan fingerprint density at radius 1 is 1.32 bits per heavy atom. The summed E-state index contributed by atoms with van der Waals surface area (Å²) < 4.78 is 45.4. The molecule has 0 saturated carbocycles. The first-order valence-corrected chi connectivity index (χ1v) is 8.99. The van der Waals surface area contributed by atoms with Gasteiger partial charge < -0.3 is 4.74 Å². The SMILES string of the molecule is O=C(CN1CCOC(S)C1)c1cc(-c2ccccc2)c(C(F)(F)F)s1. The average molecular weight is 387 g/mol. The van der Waals surface area contributed by atoms with Gasteiger partial charge in [0.2, 0.25) is 0 Å². The number of benzene rings is 1. The lowest BCUT2D eigenvalue weighted by atomic mass is 10.1. The van der Waals surface area contributed by atoms with E-state index in [1.165, 1.54) is 6.07 Å². The fourth-order valence-electron chi connectivity index (χ4n) is 2.68. The van der Waals surface area contributed by atoms with Gasteiger partial charge in [-0.25, -0.2) is 0 Å². The number of carbonyl (C=O) groups excluding carboxylic acids is 1. The largest absolute Gasteiger partial charge is 0.426 e. The van der Waals surface area contributed by atoms with Crippen molar-refractivity contribution in [2.24, 2.45) is 0 Å². The zero-order chi connectivity index (χ0) is 18.0. The molecule has 0 radical (unpaired) electrons. The van der Waals surface area contributed by atoms with Gasteiger partial charge in [0.15, 0.2) is 5.78 Å². The van der Waals surface area contributed by atoms with Gasteiger partial charge in [0.1, 0.15) is 10.3 Å². The minimum Gasteiger partial charge on any atom is -0.365 e. The predicted octanol–water partition coefficient (Wildman–Crippen LogP) is 4.20. The summed E-state index contributed by atoms with van der Waals surface area (Å²) in [5, 5.41) is 0. The number of Topliss-reactive ketones (excluding diaryl/α,β-unsaturated/α-hetero) is 1. The van der Waals surface area contributed by atoms with Crippen LogP contribution in [0.3, 0.4) is 0 Å². The van der Waals surface area contributed by atoms with E-state index in [-0.39, 0.29) is 28.2 Å². The average Bonchev–Trinajstić information content (AvgIpc) is 3.01. The molecular formula is C17H16F3NO2S2. The van der Waals surface area contributed by atoms with Crippen molar-refractivity contribution in [3.05, 3.63) is 46.2 Å². The third-order valence-electron chi connectivity index (χ3n) is 3.85. The minimum absolute atomic E-state index is 0.0514. The lowest BCUT2D eigenvalue weighted by Crippen LogP contribution is -2.42. The molecule has 134 valence electrons. The highest BCUT2D eigenvalue weighted by Crippen LogP contribution is 2.42. The van der Waals surface area contributed by atoms with E-state index in [9.17, 15) is 18.0 Å². The van der Waals surface area contributed by atoms with Crippen molar-refractivity contribution in [3.63, 3.8) is 0 Å². The van der Waals surface area contributed by atoms with E-state index >= 15 is 0 Å². The molecule has 1 atom stereocenters. The highest BCUT2D eigenvalue weighted by atomic mass is 32.1. The van der Waals surface area contributed by atoms with Crippen LogP contribution in [0.25, 0.3) is 11.1 Å². The number of rotatable bonds is 4. The van der Waals surface area contributed by atoms with E-state index < -0.39 is 11.1 Å². The summed E-state index contributed by atoms with van der Waals surface area (Å²) >= 11 is 4.72. The molecule has 0 bridgehead atoms. The lowest BCUT2D eigenvalue weighted by molar-refractivity contribution is -0.133. The van der Waals surface area contributed by atoms with Crippen LogP contribution in [0.15, 0.2) is 36.4 Å². The van der Waals surface area contributed by atoms with Crippen LogP contribution in [0.1, 0.15) is 14.5 Å². The number of hydrogen-bond donors (Lipinski definition) is 1. The summed E-state index contributed by atoms with van der Waals surface area (Å²) in [6.07, 6.45) is -4.50. The second-order valence-corrected chi connectivity index (χ2v) is 7.33. The van der Waals surface area contributed by atoms with Gasteiger partial charge in [-0.05, 0) is 11.6 Å². The Bertz CT molecular complexity index is 746. The first-order valence-electron chi connectivity index (χ1n) is 7.66. The molecule has 1 saturated heterocycles. The van der Waals surface area contributed by atoms with Gasteiger partial charge in [0.05, 0.1) is 18.0 Å². The van der Waals surface area contributed by atoms with Crippen LogP contribution in [-0.4, -0.2) is 42.4 Å². The summed E-state index contributed by atoms with van der Waals surface area (Å²) in [7, 11) is 0. The molecular weight excluding hydrogens is 371 g/mol. The number of ether oxygens (including phenoxy) is 1. The second-order valence-electron chi connectivity index (χ2n) is 5.70. The number of carbonyl (C=O) groups is 1. The molecule has 25 heavy (non-hydrogen) atoms. The highest BCUT2D eigenvalue weighted by molar-refractivity contribution is 7.80. The molecule has 1 unspecified atom stereocenters. The van der Waals surface area contributed by atoms with Crippen LogP contribution >= 0.6 is 24.0 Å². The van der Waals surface area contributed by atoms with Crippen molar-refractivity contribution in [2.45, 2.75) is 11.6 Å². The quantitative estimate of drug-likeness (QED) is 0.630.